The van der Waals surface area contributed by atoms with E-state index in [1.807, 2.05) is 30.3 Å². The van der Waals surface area contributed by atoms with Crippen molar-refractivity contribution in [1.82, 2.24) is 19.7 Å². The molecule has 0 atom stereocenters. The van der Waals surface area contributed by atoms with Crippen LogP contribution in [0.15, 0.2) is 30.3 Å². The molecule has 27 heavy (non-hydrogen) atoms. The molecule has 0 amide bonds. The van der Waals surface area contributed by atoms with E-state index in [0.29, 0.717) is 18.9 Å². The van der Waals surface area contributed by atoms with Crippen LogP contribution in [0.1, 0.15) is 42.9 Å². The number of nitriles is 1. The molecule has 1 aliphatic heterocycles. The van der Waals surface area contributed by atoms with Crippen LogP contribution in [-0.4, -0.2) is 32.3 Å². The van der Waals surface area contributed by atoms with Crippen molar-refractivity contribution in [1.29, 1.82) is 5.26 Å². The molecule has 0 spiro atoms. The highest BCUT2D eigenvalue weighted by Crippen LogP contribution is 2.41. The Morgan fingerprint density at radius 2 is 1.78 bits per heavy atom. The third-order valence-electron chi connectivity index (χ3n) is 5.90. The minimum absolute atomic E-state index is 0.246. The number of nitrogens with zero attached hydrogens (tertiary/aromatic N) is 5. The quantitative estimate of drug-likeness (QED) is 0.806. The first-order chi connectivity index (χ1) is 12.9. The second-order valence-electron chi connectivity index (χ2n) is 7.35. The van der Waals surface area contributed by atoms with Gasteiger partial charge >= 0.3 is 6.18 Å². The number of rotatable bonds is 2. The summed E-state index contributed by atoms with van der Waals surface area (Å²) in [5.74, 6) is -0.540. The molecule has 142 valence electrons. The Morgan fingerprint density at radius 1 is 1.07 bits per heavy atom. The van der Waals surface area contributed by atoms with Crippen LogP contribution in [0.4, 0.5) is 13.2 Å². The number of hydrogen-bond acceptors (Lipinski definition) is 4. The molecule has 1 aliphatic carbocycles. The van der Waals surface area contributed by atoms with Crippen LogP contribution in [0.25, 0.3) is 0 Å². The maximum atomic E-state index is 13.0. The largest absolute Gasteiger partial charge is 0.451 e. The highest BCUT2D eigenvalue weighted by molar-refractivity contribution is 5.33. The zero-order chi connectivity index (χ0) is 19.1. The lowest BCUT2D eigenvalue weighted by Gasteiger charge is -2.41. The molecule has 1 aromatic carbocycles. The van der Waals surface area contributed by atoms with Crippen LogP contribution in [-0.2, 0) is 24.7 Å². The molecule has 1 fully saturated rings. The van der Waals surface area contributed by atoms with E-state index in [0.717, 1.165) is 31.2 Å². The second-order valence-corrected chi connectivity index (χ2v) is 7.35. The maximum Gasteiger partial charge on any atom is 0.451 e. The van der Waals surface area contributed by atoms with Gasteiger partial charge in [-0.1, -0.05) is 30.3 Å². The molecule has 0 N–H and O–H groups in total. The molecule has 0 radical (unpaired) electrons. The van der Waals surface area contributed by atoms with Crippen molar-refractivity contribution in [2.45, 2.75) is 56.4 Å². The van der Waals surface area contributed by atoms with Crippen LogP contribution < -0.4 is 0 Å². The van der Waals surface area contributed by atoms with Gasteiger partial charge in [0, 0.05) is 19.1 Å². The Morgan fingerprint density at radius 3 is 2.41 bits per heavy atom. The fourth-order valence-corrected chi connectivity index (χ4v) is 4.38. The summed E-state index contributed by atoms with van der Waals surface area (Å²) in [6.07, 6.45) is -1.25. The standard InChI is InChI=1S/C19H20F3N5/c20-19(21,22)17-25-24-16-12-26(10-11-27(16)17)15-6-8-18(13-23,9-7-15)14-4-2-1-3-5-14/h1-5,15H,6-12H2/t15-,18-. The van der Waals surface area contributed by atoms with Crippen LogP contribution in [0.5, 0.6) is 0 Å². The number of alkyl halides is 3. The van der Waals surface area contributed by atoms with Crippen molar-refractivity contribution in [3.8, 4) is 6.07 Å². The predicted octanol–water partition coefficient (Wildman–Crippen LogP) is 3.52. The molecule has 8 heteroatoms. The first kappa shape index (κ1) is 18.0. The van der Waals surface area contributed by atoms with Crippen molar-refractivity contribution in [2.24, 2.45) is 0 Å². The average molecular weight is 375 g/mol. The average Bonchev–Trinajstić information content (AvgIpc) is 3.12. The fraction of sp³-hybridized carbons (Fsp3) is 0.526. The third-order valence-corrected chi connectivity index (χ3v) is 5.90. The van der Waals surface area contributed by atoms with E-state index in [1.54, 1.807) is 0 Å². The van der Waals surface area contributed by atoms with Gasteiger partial charge in [0.25, 0.3) is 0 Å². The van der Waals surface area contributed by atoms with Crippen LogP contribution in [0.3, 0.4) is 0 Å². The lowest BCUT2D eigenvalue weighted by molar-refractivity contribution is -0.148. The molecular formula is C19H20F3N5. The molecule has 5 nitrogen and oxygen atoms in total. The number of aromatic nitrogens is 3. The van der Waals surface area contributed by atoms with Crippen LogP contribution in [0.2, 0.25) is 0 Å². The van der Waals surface area contributed by atoms with Gasteiger partial charge in [-0.15, -0.1) is 10.2 Å². The van der Waals surface area contributed by atoms with Gasteiger partial charge in [-0.2, -0.15) is 18.4 Å². The van der Waals surface area contributed by atoms with Crippen molar-refractivity contribution in [2.75, 3.05) is 6.54 Å². The molecule has 0 bridgehead atoms. The van der Waals surface area contributed by atoms with Gasteiger partial charge < -0.3 is 4.57 Å². The number of hydrogen-bond donors (Lipinski definition) is 0. The first-order valence-corrected chi connectivity index (χ1v) is 9.13. The molecule has 4 rings (SSSR count). The van der Waals surface area contributed by atoms with E-state index >= 15 is 0 Å². The third kappa shape index (κ3) is 3.21. The van der Waals surface area contributed by atoms with Gasteiger partial charge in [-0.05, 0) is 31.2 Å². The normalized spacial score (nSPS) is 26.4. The summed E-state index contributed by atoms with van der Waals surface area (Å²) in [5, 5.41) is 16.9. The minimum Gasteiger partial charge on any atom is -0.305 e. The molecular weight excluding hydrogens is 355 g/mol. The molecule has 2 aromatic rings. The predicted molar refractivity (Wildman–Crippen MR) is 91.4 cm³/mol. The van der Waals surface area contributed by atoms with Gasteiger partial charge in [0.1, 0.15) is 5.82 Å². The first-order valence-electron chi connectivity index (χ1n) is 9.13. The van der Waals surface area contributed by atoms with Crippen LogP contribution >= 0.6 is 0 Å². The number of benzene rings is 1. The van der Waals surface area contributed by atoms with E-state index < -0.39 is 17.4 Å². The Hall–Kier alpha value is -2.40. The van der Waals surface area contributed by atoms with E-state index in [2.05, 4.69) is 21.2 Å². The van der Waals surface area contributed by atoms with Gasteiger partial charge in [0.15, 0.2) is 0 Å². The molecule has 2 heterocycles. The topological polar surface area (TPSA) is 57.7 Å². The van der Waals surface area contributed by atoms with E-state index in [1.165, 1.54) is 4.57 Å². The van der Waals surface area contributed by atoms with Crippen molar-refractivity contribution in [3.05, 3.63) is 47.5 Å². The highest BCUT2D eigenvalue weighted by Gasteiger charge is 2.42. The fourth-order valence-electron chi connectivity index (χ4n) is 4.38. The SMILES string of the molecule is N#C[C@]1(c2ccccc2)CC[C@H](N2CCn3c(nnc3C(F)(F)F)C2)CC1. The van der Waals surface area contributed by atoms with Crippen molar-refractivity contribution < 1.29 is 13.2 Å². The zero-order valence-corrected chi connectivity index (χ0v) is 14.8. The summed E-state index contributed by atoms with van der Waals surface area (Å²) in [4.78, 5) is 2.19. The highest BCUT2D eigenvalue weighted by atomic mass is 19.4. The van der Waals surface area contributed by atoms with Crippen molar-refractivity contribution in [3.63, 3.8) is 0 Å². The van der Waals surface area contributed by atoms with E-state index in [4.69, 9.17) is 0 Å². The lowest BCUT2D eigenvalue weighted by Crippen LogP contribution is -2.45. The number of fused-ring (bicyclic) bond motifs is 1. The summed E-state index contributed by atoms with van der Waals surface area (Å²) in [6, 6.07) is 12.6. The number of halogens is 3. The van der Waals surface area contributed by atoms with Gasteiger partial charge in [-0.25, -0.2) is 0 Å². The monoisotopic (exact) mass is 375 g/mol. The molecule has 1 aromatic heterocycles. The van der Waals surface area contributed by atoms with E-state index in [-0.39, 0.29) is 12.6 Å². The molecule has 0 unspecified atom stereocenters. The summed E-state index contributed by atoms with van der Waals surface area (Å²) >= 11 is 0. The minimum atomic E-state index is -4.47. The molecule has 2 aliphatic rings. The summed E-state index contributed by atoms with van der Waals surface area (Å²) in [5.41, 5.74) is 0.593. The maximum absolute atomic E-state index is 13.0. The smallest absolute Gasteiger partial charge is 0.305 e. The molecule has 0 saturated heterocycles. The van der Waals surface area contributed by atoms with Gasteiger partial charge in [0.05, 0.1) is 18.0 Å². The zero-order valence-electron chi connectivity index (χ0n) is 14.8. The molecule has 1 saturated carbocycles. The van der Waals surface area contributed by atoms with E-state index in [9.17, 15) is 18.4 Å². The van der Waals surface area contributed by atoms with Gasteiger partial charge in [0.2, 0.25) is 5.82 Å². The summed E-state index contributed by atoms with van der Waals surface area (Å²) < 4.78 is 40.1. The Balaban J connectivity index is 1.45. The Kier molecular flexibility index (Phi) is 4.42. The lowest BCUT2D eigenvalue weighted by atomic mass is 9.69. The summed E-state index contributed by atoms with van der Waals surface area (Å²) in [6.45, 7) is 1.16. The Labute approximate surface area is 155 Å². The second kappa shape index (κ2) is 6.64. The summed E-state index contributed by atoms with van der Waals surface area (Å²) in [7, 11) is 0. The Bertz CT molecular complexity index is 844. The van der Waals surface area contributed by atoms with Crippen LogP contribution in [0, 0.1) is 11.3 Å². The van der Waals surface area contributed by atoms with Gasteiger partial charge in [-0.3, -0.25) is 4.90 Å². The van der Waals surface area contributed by atoms with Crippen molar-refractivity contribution >= 4 is 0 Å².